The number of thiazole rings is 1. The molecule has 1 aliphatic rings. The molecule has 0 saturated heterocycles. The Morgan fingerprint density at radius 1 is 1.15 bits per heavy atom. The normalized spacial score (nSPS) is 19.2. The fourth-order valence-electron chi connectivity index (χ4n) is 3.48. The van der Waals surface area contributed by atoms with Crippen LogP contribution in [0.1, 0.15) is 18.1 Å². The Hall–Kier alpha value is -1.75. The third kappa shape index (κ3) is 3.41. The average Bonchev–Trinajstić information content (AvgIpc) is 3.07. The number of nitrogens with two attached hydrogens (primary N) is 1. The first-order valence-corrected chi connectivity index (χ1v) is 10.2. The summed E-state index contributed by atoms with van der Waals surface area (Å²) in [6.45, 7) is 2.26. The summed E-state index contributed by atoms with van der Waals surface area (Å²) < 4.78 is 0. The number of halogens is 2. The number of nitrogen functional groups attached to an aromatic ring is 1. The Morgan fingerprint density at radius 2 is 2.00 bits per heavy atom. The zero-order chi connectivity index (χ0) is 18.3. The van der Waals surface area contributed by atoms with E-state index < -0.39 is 0 Å². The van der Waals surface area contributed by atoms with Crippen molar-refractivity contribution in [3.8, 4) is 11.3 Å². The Balaban J connectivity index is 1.53. The van der Waals surface area contributed by atoms with Gasteiger partial charge in [0.25, 0.3) is 0 Å². The smallest absolute Gasteiger partial charge is 0.183 e. The van der Waals surface area contributed by atoms with Crippen molar-refractivity contribution in [1.82, 2.24) is 4.98 Å². The molecule has 0 spiro atoms. The van der Waals surface area contributed by atoms with Gasteiger partial charge in [-0.2, -0.15) is 0 Å². The van der Waals surface area contributed by atoms with Gasteiger partial charge in [-0.05, 0) is 48.1 Å². The first-order chi connectivity index (χ1) is 12.5. The third-order valence-corrected chi connectivity index (χ3v) is 6.50. The maximum absolute atomic E-state index is 6.14. The van der Waals surface area contributed by atoms with Crippen LogP contribution in [0, 0.1) is 5.92 Å². The van der Waals surface area contributed by atoms with Crippen LogP contribution in [0.25, 0.3) is 11.3 Å². The zero-order valence-electron chi connectivity index (χ0n) is 14.3. The van der Waals surface area contributed by atoms with Gasteiger partial charge in [-0.15, -0.1) is 11.3 Å². The number of nitrogens with zero attached hydrogens (tertiary/aromatic N) is 1. The highest BCUT2D eigenvalue weighted by Gasteiger charge is 2.27. The van der Waals surface area contributed by atoms with Gasteiger partial charge in [0.05, 0.1) is 15.7 Å². The molecule has 134 valence electrons. The molecule has 0 fully saturated rings. The molecular weight excluding hydrogens is 385 g/mol. The number of anilines is 2. The van der Waals surface area contributed by atoms with Gasteiger partial charge in [-0.3, -0.25) is 0 Å². The van der Waals surface area contributed by atoms with Crippen LogP contribution in [0.2, 0.25) is 10.0 Å². The molecule has 1 aliphatic carbocycles. The quantitative estimate of drug-likeness (QED) is 0.533. The highest BCUT2D eigenvalue weighted by molar-refractivity contribution is 7.14. The maximum Gasteiger partial charge on any atom is 0.183 e. The Labute approximate surface area is 167 Å². The number of hydrogen-bond acceptors (Lipinski definition) is 4. The summed E-state index contributed by atoms with van der Waals surface area (Å²) in [5.41, 5.74) is 11.6. The van der Waals surface area contributed by atoms with Gasteiger partial charge in [-0.1, -0.05) is 48.3 Å². The van der Waals surface area contributed by atoms with Crippen molar-refractivity contribution in [3.05, 3.63) is 63.0 Å². The molecule has 2 aromatic carbocycles. The Kier molecular flexibility index (Phi) is 4.82. The number of aromatic nitrogens is 1. The molecule has 26 heavy (non-hydrogen) atoms. The number of benzene rings is 2. The fraction of sp³-hybridized carbons (Fsp3) is 0.250. The highest BCUT2D eigenvalue weighted by atomic mass is 35.5. The lowest BCUT2D eigenvalue weighted by Crippen LogP contribution is -2.35. The summed E-state index contributed by atoms with van der Waals surface area (Å²) in [7, 11) is 0. The molecule has 0 saturated carbocycles. The maximum atomic E-state index is 6.14. The van der Waals surface area contributed by atoms with Crippen molar-refractivity contribution < 1.29 is 0 Å². The lowest BCUT2D eigenvalue weighted by atomic mass is 9.80. The second-order valence-electron chi connectivity index (χ2n) is 6.79. The third-order valence-electron chi connectivity index (χ3n) is 4.99. The largest absolute Gasteiger partial charge is 0.398 e. The molecule has 3 nitrogen and oxygen atoms in total. The van der Waals surface area contributed by atoms with E-state index in [0.29, 0.717) is 22.0 Å². The first kappa shape index (κ1) is 17.7. The fourth-order valence-corrected chi connectivity index (χ4v) is 4.56. The lowest BCUT2D eigenvalue weighted by molar-refractivity contribution is 0.451. The van der Waals surface area contributed by atoms with E-state index in [1.165, 1.54) is 11.1 Å². The molecule has 3 N–H and O–H groups in total. The molecule has 1 heterocycles. The molecule has 4 rings (SSSR count). The Morgan fingerprint density at radius 3 is 2.81 bits per heavy atom. The summed E-state index contributed by atoms with van der Waals surface area (Å²) in [4.78, 5) is 4.73. The van der Waals surface area contributed by atoms with E-state index in [2.05, 4.69) is 18.3 Å². The Bertz CT molecular complexity index is 954. The standard InChI is InChI=1S/C20H19Cl2N3S/c1-11-7-14-12(3-2-4-17(14)23)9-18(11)24-20-25-19(10-26-20)13-5-6-15(21)16(22)8-13/h2-6,8,10-11,18H,7,9,23H2,1H3,(H,24,25). The van der Waals surface area contributed by atoms with E-state index in [1.807, 2.05) is 29.6 Å². The minimum atomic E-state index is 0.345. The van der Waals surface area contributed by atoms with Gasteiger partial charge in [0.2, 0.25) is 0 Å². The van der Waals surface area contributed by atoms with Crippen LogP contribution in [-0.2, 0) is 12.8 Å². The van der Waals surface area contributed by atoms with Gasteiger partial charge in [0.15, 0.2) is 5.13 Å². The summed E-state index contributed by atoms with van der Waals surface area (Å²) in [6.07, 6.45) is 1.95. The minimum absolute atomic E-state index is 0.345. The molecule has 0 aliphatic heterocycles. The minimum Gasteiger partial charge on any atom is -0.398 e. The number of fused-ring (bicyclic) bond motifs is 1. The van der Waals surface area contributed by atoms with Crippen molar-refractivity contribution >= 4 is 45.4 Å². The molecule has 3 aromatic rings. The summed E-state index contributed by atoms with van der Waals surface area (Å²) in [5.74, 6) is 0.490. The molecule has 6 heteroatoms. The SMILES string of the molecule is CC1Cc2c(N)cccc2CC1Nc1nc(-c2ccc(Cl)c(Cl)c2)cs1. The monoisotopic (exact) mass is 403 g/mol. The van der Waals surface area contributed by atoms with Crippen LogP contribution in [0.3, 0.4) is 0 Å². The van der Waals surface area contributed by atoms with Gasteiger partial charge in [0, 0.05) is 22.7 Å². The second-order valence-corrected chi connectivity index (χ2v) is 8.46. The lowest BCUT2D eigenvalue weighted by Gasteiger charge is -2.32. The number of hydrogen-bond donors (Lipinski definition) is 2. The van der Waals surface area contributed by atoms with Crippen molar-refractivity contribution in [2.75, 3.05) is 11.1 Å². The van der Waals surface area contributed by atoms with Gasteiger partial charge < -0.3 is 11.1 Å². The predicted molar refractivity (Wildman–Crippen MR) is 112 cm³/mol. The van der Waals surface area contributed by atoms with Crippen LogP contribution in [0.4, 0.5) is 10.8 Å². The van der Waals surface area contributed by atoms with Gasteiger partial charge in [0.1, 0.15) is 0 Å². The second kappa shape index (κ2) is 7.10. The molecular formula is C20H19Cl2N3S. The first-order valence-electron chi connectivity index (χ1n) is 8.55. The van der Waals surface area contributed by atoms with Crippen molar-refractivity contribution in [3.63, 3.8) is 0 Å². The molecule has 2 unspecified atom stereocenters. The summed E-state index contributed by atoms with van der Waals surface area (Å²) >= 11 is 13.7. The van der Waals surface area contributed by atoms with Crippen LogP contribution in [0.15, 0.2) is 41.8 Å². The van der Waals surface area contributed by atoms with Gasteiger partial charge >= 0.3 is 0 Å². The van der Waals surface area contributed by atoms with Crippen LogP contribution >= 0.6 is 34.5 Å². The summed E-state index contributed by atoms with van der Waals surface area (Å²) in [5, 5.41) is 7.68. The molecule has 1 aromatic heterocycles. The average molecular weight is 404 g/mol. The molecule has 0 bridgehead atoms. The van der Waals surface area contributed by atoms with Crippen molar-refractivity contribution in [2.45, 2.75) is 25.8 Å². The van der Waals surface area contributed by atoms with Crippen LogP contribution < -0.4 is 11.1 Å². The molecule has 2 atom stereocenters. The van der Waals surface area contributed by atoms with Crippen LogP contribution in [0.5, 0.6) is 0 Å². The molecule has 0 radical (unpaired) electrons. The van der Waals surface area contributed by atoms with Gasteiger partial charge in [-0.25, -0.2) is 4.98 Å². The van der Waals surface area contributed by atoms with Crippen LogP contribution in [-0.4, -0.2) is 11.0 Å². The molecule has 0 amide bonds. The predicted octanol–water partition coefficient (Wildman–Crippen LogP) is 5.91. The van der Waals surface area contributed by atoms with E-state index in [-0.39, 0.29) is 0 Å². The number of rotatable bonds is 3. The summed E-state index contributed by atoms with van der Waals surface area (Å²) in [6, 6.07) is 12.1. The van der Waals surface area contributed by atoms with E-state index in [0.717, 1.165) is 34.9 Å². The van der Waals surface area contributed by atoms with Crippen molar-refractivity contribution in [1.29, 1.82) is 0 Å². The van der Waals surface area contributed by atoms with E-state index in [1.54, 1.807) is 17.4 Å². The van der Waals surface area contributed by atoms with E-state index in [4.69, 9.17) is 33.9 Å². The van der Waals surface area contributed by atoms with Crippen molar-refractivity contribution in [2.24, 2.45) is 5.92 Å². The highest BCUT2D eigenvalue weighted by Crippen LogP contribution is 2.34. The van der Waals surface area contributed by atoms with E-state index >= 15 is 0 Å². The topological polar surface area (TPSA) is 50.9 Å². The number of nitrogens with one attached hydrogen (secondary N) is 1. The zero-order valence-corrected chi connectivity index (χ0v) is 16.6. The van der Waals surface area contributed by atoms with E-state index in [9.17, 15) is 0 Å².